The van der Waals surface area contributed by atoms with E-state index in [4.69, 9.17) is 14.7 Å². The first-order valence-electron chi connectivity index (χ1n) is 4.25. The van der Waals surface area contributed by atoms with Gasteiger partial charge in [0.2, 0.25) is 5.60 Å². The quantitative estimate of drug-likeness (QED) is 0.630. The molecule has 0 bridgehead atoms. The summed E-state index contributed by atoms with van der Waals surface area (Å²) in [7, 11) is 0. The number of nitrogens with zero attached hydrogens (tertiary/aromatic N) is 1. The van der Waals surface area contributed by atoms with E-state index < -0.39 is 5.60 Å². The first kappa shape index (κ1) is 8.64. The topological polar surface area (TPSA) is 42.2 Å². The van der Waals surface area contributed by atoms with Crippen LogP contribution in [0, 0.1) is 11.3 Å². The highest BCUT2D eigenvalue weighted by Gasteiger charge is 2.34. The number of para-hydroxylation sites is 2. The van der Waals surface area contributed by atoms with E-state index in [0.29, 0.717) is 11.5 Å². The van der Waals surface area contributed by atoms with Gasteiger partial charge in [-0.2, -0.15) is 5.26 Å². The van der Waals surface area contributed by atoms with Crippen LogP contribution in [0.15, 0.2) is 36.9 Å². The third-order valence-electron chi connectivity index (χ3n) is 2.10. The van der Waals surface area contributed by atoms with E-state index >= 15 is 0 Å². The van der Waals surface area contributed by atoms with Crippen LogP contribution in [-0.4, -0.2) is 12.2 Å². The molecule has 2 rings (SSSR count). The first-order valence-corrected chi connectivity index (χ1v) is 4.25. The lowest BCUT2D eigenvalue weighted by molar-refractivity contribution is 0.0724. The van der Waals surface area contributed by atoms with Gasteiger partial charge >= 0.3 is 0 Å². The summed E-state index contributed by atoms with van der Waals surface area (Å²) in [4.78, 5) is 0. The first-order chi connectivity index (χ1) is 6.79. The molecule has 0 aromatic heterocycles. The van der Waals surface area contributed by atoms with Crippen LogP contribution >= 0.6 is 0 Å². The van der Waals surface area contributed by atoms with Gasteiger partial charge in [-0.3, -0.25) is 0 Å². The predicted octanol–water partition coefficient (Wildman–Crippen LogP) is 1.91. The molecule has 1 atom stereocenters. The fraction of sp³-hybridized carbons (Fsp3) is 0.182. The van der Waals surface area contributed by atoms with Crippen molar-refractivity contribution in [1.29, 1.82) is 5.26 Å². The summed E-state index contributed by atoms with van der Waals surface area (Å²) in [6.45, 7) is 3.76. The minimum Gasteiger partial charge on any atom is -0.484 e. The Balaban J connectivity index is 2.39. The molecule has 1 aromatic carbocycles. The molecule has 0 N–H and O–H groups in total. The van der Waals surface area contributed by atoms with Crippen molar-refractivity contribution in [2.75, 3.05) is 6.61 Å². The Morgan fingerprint density at radius 1 is 1.43 bits per heavy atom. The van der Waals surface area contributed by atoms with Gasteiger partial charge in [-0.1, -0.05) is 18.7 Å². The molecule has 0 saturated heterocycles. The summed E-state index contributed by atoms with van der Waals surface area (Å²) >= 11 is 0. The highest BCUT2D eigenvalue weighted by Crippen LogP contribution is 2.34. The molecule has 1 aromatic rings. The molecule has 3 heteroatoms. The molecular formula is C11H9NO2. The normalized spacial score (nSPS) is 23.6. The van der Waals surface area contributed by atoms with Gasteiger partial charge in [0.1, 0.15) is 12.7 Å². The van der Waals surface area contributed by atoms with E-state index in [1.54, 1.807) is 12.1 Å². The molecule has 14 heavy (non-hydrogen) atoms. The monoisotopic (exact) mass is 187 g/mol. The zero-order valence-corrected chi connectivity index (χ0v) is 7.56. The average Bonchev–Trinajstić information content (AvgIpc) is 2.28. The van der Waals surface area contributed by atoms with Gasteiger partial charge in [0.05, 0.1) is 0 Å². The number of fused-ring (bicyclic) bond motifs is 1. The number of ether oxygens (including phenoxy) is 2. The number of hydrogen-bond donors (Lipinski definition) is 0. The Bertz CT molecular complexity index is 408. The van der Waals surface area contributed by atoms with Crippen molar-refractivity contribution in [1.82, 2.24) is 0 Å². The van der Waals surface area contributed by atoms with Gasteiger partial charge in [-0.05, 0) is 18.2 Å². The number of nitriles is 1. The summed E-state index contributed by atoms with van der Waals surface area (Å²) in [5.41, 5.74) is -1.05. The minimum atomic E-state index is -1.05. The Morgan fingerprint density at radius 3 is 2.79 bits per heavy atom. The largest absolute Gasteiger partial charge is 0.484 e. The molecule has 0 aliphatic carbocycles. The molecule has 3 nitrogen and oxygen atoms in total. The third kappa shape index (κ3) is 1.21. The highest BCUT2D eigenvalue weighted by molar-refractivity contribution is 5.43. The molecule has 0 fully saturated rings. The van der Waals surface area contributed by atoms with Crippen molar-refractivity contribution in [3.8, 4) is 17.6 Å². The molecule has 70 valence electrons. The predicted molar refractivity (Wildman–Crippen MR) is 51.1 cm³/mol. The van der Waals surface area contributed by atoms with Gasteiger partial charge in [0.15, 0.2) is 11.5 Å². The van der Waals surface area contributed by atoms with Crippen molar-refractivity contribution in [2.45, 2.75) is 5.60 Å². The fourth-order valence-electron chi connectivity index (χ4n) is 1.27. The van der Waals surface area contributed by atoms with E-state index in [1.807, 2.05) is 18.2 Å². The van der Waals surface area contributed by atoms with Gasteiger partial charge < -0.3 is 9.47 Å². The highest BCUT2D eigenvalue weighted by atomic mass is 16.6. The minimum absolute atomic E-state index is 0.185. The molecular weight excluding hydrogens is 178 g/mol. The van der Waals surface area contributed by atoms with Gasteiger partial charge in [0, 0.05) is 0 Å². The van der Waals surface area contributed by atoms with Gasteiger partial charge in [-0.25, -0.2) is 0 Å². The Kier molecular flexibility index (Phi) is 1.90. The zero-order chi connectivity index (χ0) is 10.0. The second-order valence-electron chi connectivity index (χ2n) is 3.04. The molecule has 1 aliphatic heterocycles. The Labute approximate surface area is 82.2 Å². The summed E-state index contributed by atoms with van der Waals surface area (Å²) < 4.78 is 10.9. The summed E-state index contributed by atoms with van der Waals surface area (Å²) in [6.07, 6.45) is 1.46. The molecule has 0 amide bonds. The van der Waals surface area contributed by atoms with Gasteiger partial charge in [-0.15, -0.1) is 0 Å². The van der Waals surface area contributed by atoms with E-state index in [2.05, 4.69) is 6.58 Å². The lowest BCUT2D eigenvalue weighted by Crippen LogP contribution is -2.41. The maximum Gasteiger partial charge on any atom is 0.246 e. The smallest absolute Gasteiger partial charge is 0.246 e. The second-order valence-corrected chi connectivity index (χ2v) is 3.04. The summed E-state index contributed by atoms with van der Waals surface area (Å²) in [5.74, 6) is 1.25. The van der Waals surface area contributed by atoms with Crippen LogP contribution < -0.4 is 9.47 Å². The fourth-order valence-corrected chi connectivity index (χ4v) is 1.27. The van der Waals surface area contributed by atoms with E-state index in [0.717, 1.165) is 0 Å². The van der Waals surface area contributed by atoms with Crippen LogP contribution in [0.25, 0.3) is 0 Å². The van der Waals surface area contributed by atoms with E-state index in [9.17, 15) is 0 Å². The van der Waals surface area contributed by atoms with Gasteiger partial charge in [0.25, 0.3) is 0 Å². The van der Waals surface area contributed by atoms with Crippen molar-refractivity contribution in [3.63, 3.8) is 0 Å². The lowest BCUT2D eigenvalue weighted by atomic mass is 10.1. The van der Waals surface area contributed by atoms with Crippen molar-refractivity contribution in [3.05, 3.63) is 36.9 Å². The molecule has 1 heterocycles. The zero-order valence-electron chi connectivity index (χ0n) is 7.56. The number of hydrogen-bond acceptors (Lipinski definition) is 3. The second kappa shape index (κ2) is 3.08. The maximum atomic E-state index is 8.94. The van der Waals surface area contributed by atoms with E-state index in [-0.39, 0.29) is 6.61 Å². The van der Waals surface area contributed by atoms with Crippen LogP contribution in [0.1, 0.15) is 0 Å². The van der Waals surface area contributed by atoms with Crippen LogP contribution in [0.4, 0.5) is 0 Å². The molecule has 1 unspecified atom stereocenters. The Hall–Kier alpha value is -1.95. The maximum absolute atomic E-state index is 8.94. The lowest BCUT2D eigenvalue weighted by Gasteiger charge is -2.30. The Morgan fingerprint density at radius 2 is 2.14 bits per heavy atom. The summed E-state index contributed by atoms with van der Waals surface area (Å²) in [6, 6.07) is 9.30. The molecule has 0 radical (unpaired) electrons. The van der Waals surface area contributed by atoms with Crippen LogP contribution in [-0.2, 0) is 0 Å². The average molecular weight is 187 g/mol. The molecule has 1 aliphatic rings. The molecule has 0 spiro atoms. The van der Waals surface area contributed by atoms with Crippen LogP contribution in [0.3, 0.4) is 0 Å². The standard InChI is InChI=1S/C11H9NO2/c1-2-11(7-12)8-13-9-5-3-4-6-10(9)14-11/h2-6H,1,8H2. The van der Waals surface area contributed by atoms with Crippen LogP contribution in [0.2, 0.25) is 0 Å². The van der Waals surface area contributed by atoms with Crippen molar-refractivity contribution < 1.29 is 9.47 Å². The number of benzene rings is 1. The number of rotatable bonds is 1. The van der Waals surface area contributed by atoms with Crippen molar-refractivity contribution >= 4 is 0 Å². The molecule has 0 saturated carbocycles. The van der Waals surface area contributed by atoms with Crippen LogP contribution in [0.5, 0.6) is 11.5 Å². The van der Waals surface area contributed by atoms with E-state index in [1.165, 1.54) is 6.08 Å². The summed E-state index contributed by atoms with van der Waals surface area (Å²) in [5, 5.41) is 8.94. The SMILES string of the molecule is C=CC1(C#N)COc2ccccc2O1. The van der Waals surface area contributed by atoms with Crippen molar-refractivity contribution in [2.24, 2.45) is 0 Å². The third-order valence-corrected chi connectivity index (χ3v) is 2.10.